The first-order chi connectivity index (χ1) is 5.63. The van der Waals surface area contributed by atoms with E-state index < -0.39 is 0 Å². The predicted octanol–water partition coefficient (Wildman–Crippen LogP) is 4.39. The summed E-state index contributed by atoms with van der Waals surface area (Å²) in [7, 11) is 0. The molecule has 0 aliphatic carbocycles. The van der Waals surface area contributed by atoms with Gasteiger partial charge in [-0.2, -0.15) is 0 Å². The highest BCUT2D eigenvalue weighted by molar-refractivity contribution is 8.02. The largest absolute Gasteiger partial charge is 0.132 e. The highest BCUT2D eigenvalue weighted by Gasteiger charge is 1.86. The molecule has 0 atom stereocenters. The summed E-state index contributed by atoms with van der Waals surface area (Å²) >= 11 is 1.89. The van der Waals surface area contributed by atoms with Crippen molar-refractivity contribution < 1.29 is 0 Å². The average Bonchev–Trinajstić information content (AvgIpc) is 1.95. The summed E-state index contributed by atoms with van der Waals surface area (Å²) in [6, 6.07) is 0. The van der Waals surface area contributed by atoms with Crippen LogP contribution in [-0.2, 0) is 0 Å². The fraction of sp³-hybridized carbons (Fsp3) is 0.636. The van der Waals surface area contributed by atoms with Gasteiger partial charge in [0.2, 0.25) is 0 Å². The van der Waals surface area contributed by atoms with E-state index in [4.69, 9.17) is 0 Å². The third kappa shape index (κ3) is 9.83. The minimum Gasteiger partial charge on any atom is -0.132 e. The molecule has 0 fully saturated rings. The second-order valence-corrected chi connectivity index (χ2v) is 4.90. The monoisotopic (exact) mass is 184 g/mol. The molecule has 0 radical (unpaired) electrons. The van der Waals surface area contributed by atoms with Gasteiger partial charge in [-0.3, -0.25) is 0 Å². The van der Waals surface area contributed by atoms with Gasteiger partial charge in [0.15, 0.2) is 0 Å². The maximum Gasteiger partial charge on any atom is 0.00316 e. The molecule has 12 heavy (non-hydrogen) atoms. The predicted molar refractivity (Wildman–Crippen MR) is 60.5 cm³/mol. The van der Waals surface area contributed by atoms with Crippen LogP contribution in [0.4, 0.5) is 0 Å². The lowest BCUT2D eigenvalue weighted by Crippen LogP contribution is -1.80. The van der Waals surface area contributed by atoms with Crippen LogP contribution < -0.4 is 0 Å². The van der Waals surface area contributed by atoms with Crippen LogP contribution >= 0.6 is 11.8 Å². The van der Waals surface area contributed by atoms with Crippen LogP contribution in [0.2, 0.25) is 0 Å². The van der Waals surface area contributed by atoms with E-state index in [0.717, 1.165) is 0 Å². The summed E-state index contributed by atoms with van der Waals surface area (Å²) in [5.74, 6) is 0. The SMILES string of the molecule is CC(C)=CCC/C=C/SC(C)C. The number of allylic oxidation sites excluding steroid dienone is 3. The minimum atomic E-state index is 0.713. The van der Waals surface area contributed by atoms with E-state index in [1.165, 1.54) is 18.4 Å². The molecule has 0 unspecified atom stereocenters. The molecule has 0 amide bonds. The molecule has 0 rings (SSSR count). The van der Waals surface area contributed by atoms with Gasteiger partial charge in [0, 0.05) is 5.25 Å². The zero-order valence-electron chi connectivity index (χ0n) is 8.63. The van der Waals surface area contributed by atoms with Crippen LogP contribution in [0.25, 0.3) is 0 Å². The fourth-order valence-electron chi connectivity index (χ4n) is 0.749. The first-order valence-corrected chi connectivity index (χ1v) is 5.51. The third-order valence-corrected chi connectivity index (χ3v) is 2.23. The van der Waals surface area contributed by atoms with Gasteiger partial charge < -0.3 is 0 Å². The van der Waals surface area contributed by atoms with Gasteiger partial charge in [-0.25, -0.2) is 0 Å². The van der Waals surface area contributed by atoms with Gasteiger partial charge in [-0.1, -0.05) is 31.6 Å². The molecule has 0 saturated heterocycles. The van der Waals surface area contributed by atoms with E-state index >= 15 is 0 Å². The number of hydrogen-bond acceptors (Lipinski definition) is 1. The standard InChI is InChI=1S/C11H20S/c1-10(2)8-6-5-7-9-12-11(3)4/h7-9,11H,5-6H2,1-4H3/b9-7+. The van der Waals surface area contributed by atoms with Gasteiger partial charge in [0.25, 0.3) is 0 Å². The van der Waals surface area contributed by atoms with Crippen LogP contribution in [0.1, 0.15) is 40.5 Å². The van der Waals surface area contributed by atoms with E-state index in [-0.39, 0.29) is 0 Å². The Kier molecular flexibility index (Phi) is 7.37. The molecule has 0 saturated carbocycles. The van der Waals surface area contributed by atoms with Crippen molar-refractivity contribution in [3.63, 3.8) is 0 Å². The molecule has 0 aromatic rings. The minimum absolute atomic E-state index is 0.713. The number of unbranched alkanes of at least 4 members (excludes halogenated alkanes) is 1. The Morgan fingerprint density at radius 2 is 1.92 bits per heavy atom. The van der Waals surface area contributed by atoms with Gasteiger partial charge in [0.05, 0.1) is 0 Å². The molecule has 0 bridgehead atoms. The molecule has 0 aliphatic rings. The van der Waals surface area contributed by atoms with Gasteiger partial charge in [-0.05, 0) is 32.1 Å². The molecule has 0 aromatic carbocycles. The molecular weight excluding hydrogens is 164 g/mol. The van der Waals surface area contributed by atoms with Gasteiger partial charge in [0.1, 0.15) is 0 Å². The molecule has 0 heterocycles. The maximum atomic E-state index is 2.28. The summed E-state index contributed by atoms with van der Waals surface area (Å²) in [5, 5.41) is 2.92. The lowest BCUT2D eigenvalue weighted by Gasteiger charge is -1.96. The average molecular weight is 184 g/mol. The summed E-state index contributed by atoms with van der Waals surface area (Å²) in [5.41, 5.74) is 1.42. The molecule has 0 N–H and O–H groups in total. The topological polar surface area (TPSA) is 0 Å². The Morgan fingerprint density at radius 3 is 2.42 bits per heavy atom. The van der Waals surface area contributed by atoms with E-state index in [9.17, 15) is 0 Å². The van der Waals surface area contributed by atoms with Crippen LogP contribution in [-0.4, -0.2) is 5.25 Å². The molecule has 0 nitrogen and oxygen atoms in total. The second kappa shape index (κ2) is 7.48. The zero-order valence-corrected chi connectivity index (χ0v) is 9.45. The van der Waals surface area contributed by atoms with Crippen LogP contribution in [0, 0.1) is 0 Å². The van der Waals surface area contributed by atoms with Crippen molar-refractivity contribution in [3.05, 3.63) is 23.1 Å². The smallest absolute Gasteiger partial charge is 0.00316 e. The van der Waals surface area contributed by atoms with Crippen molar-refractivity contribution in [1.82, 2.24) is 0 Å². The third-order valence-electron chi connectivity index (χ3n) is 1.33. The summed E-state index contributed by atoms with van der Waals surface area (Å²) in [4.78, 5) is 0. The number of hydrogen-bond donors (Lipinski definition) is 0. The summed E-state index contributed by atoms with van der Waals surface area (Å²) in [6.07, 6.45) is 6.89. The molecule has 0 aliphatic heterocycles. The number of thioether (sulfide) groups is 1. The lowest BCUT2D eigenvalue weighted by molar-refractivity contribution is 1.04. The number of rotatable bonds is 5. The summed E-state index contributed by atoms with van der Waals surface area (Å²) < 4.78 is 0. The Balaban J connectivity index is 3.31. The quantitative estimate of drug-likeness (QED) is 0.451. The van der Waals surface area contributed by atoms with Crippen molar-refractivity contribution in [2.24, 2.45) is 0 Å². The van der Waals surface area contributed by atoms with Crippen LogP contribution in [0.5, 0.6) is 0 Å². The molecule has 1 heteroatoms. The highest BCUT2D eigenvalue weighted by Crippen LogP contribution is 2.11. The first-order valence-electron chi connectivity index (χ1n) is 4.56. The van der Waals surface area contributed by atoms with Crippen molar-refractivity contribution in [2.75, 3.05) is 0 Å². The molecule has 0 aromatic heterocycles. The Hall–Kier alpha value is -0.170. The van der Waals surface area contributed by atoms with E-state index in [0.29, 0.717) is 5.25 Å². The van der Waals surface area contributed by atoms with Crippen LogP contribution in [0.15, 0.2) is 23.1 Å². The molecular formula is C11H20S. The van der Waals surface area contributed by atoms with E-state index in [2.05, 4.69) is 45.3 Å². The summed E-state index contributed by atoms with van der Waals surface area (Å²) in [6.45, 7) is 8.72. The Bertz CT molecular complexity index is 150. The van der Waals surface area contributed by atoms with Crippen molar-refractivity contribution >= 4 is 11.8 Å². The van der Waals surface area contributed by atoms with Crippen molar-refractivity contribution in [1.29, 1.82) is 0 Å². The van der Waals surface area contributed by atoms with Crippen molar-refractivity contribution in [3.8, 4) is 0 Å². The Morgan fingerprint density at radius 1 is 1.25 bits per heavy atom. The highest BCUT2D eigenvalue weighted by atomic mass is 32.2. The molecule has 0 spiro atoms. The van der Waals surface area contributed by atoms with E-state index in [1.807, 2.05) is 11.8 Å². The van der Waals surface area contributed by atoms with Gasteiger partial charge >= 0.3 is 0 Å². The normalized spacial score (nSPS) is 11.1. The fourth-order valence-corrected chi connectivity index (χ4v) is 1.31. The van der Waals surface area contributed by atoms with Gasteiger partial charge in [-0.15, -0.1) is 11.8 Å². The lowest BCUT2D eigenvalue weighted by atomic mass is 10.2. The van der Waals surface area contributed by atoms with Crippen molar-refractivity contribution in [2.45, 2.75) is 45.8 Å². The van der Waals surface area contributed by atoms with Crippen LogP contribution in [0.3, 0.4) is 0 Å². The Labute approximate surface area is 81.1 Å². The zero-order chi connectivity index (χ0) is 9.40. The maximum absolute atomic E-state index is 2.28. The van der Waals surface area contributed by atoms with E-state index in [1.54, 1.807) is 0 Å². The second-order valence-electron chi connectivity index (χ2n) is 3.42. The first kappa shape index (κ1) is 11.8. The molecule has 70 valence electrons.